The van der Waals surface area contributed by atoms with Crippen LogP contribution in [0.25, 0.3) is 11.8 Å². The Bertz CT molecular complexity index is 822. The first-order valence-electron chi connectivity index (χ1n) is 8.14. The van der Waals surface area contributed by atoms with Gasteiger partial charge in [-0.05, 0) is 37.6 Å². The summed E-state index contributed by atoms with van der Waals surface area (Å²) in [4.78, 5) is 24.3. The lowest BCUT2D eigenvalue weighted by atomic mass is 9.85. The number of methoxy groups -OCH3 is 1. The molecule has 25 heavy (non-hydrogen) atoms. The fraction of sp³-hybridized carbons (Fsp3) is 0.238. The molecule has 0 saturated carbocycles. The molecule has 0 amide bonds. The van der Waals surface area contributed by atoms with Gasteiger partial charge in [0.05, 0.1) is 7.11 Å². The summed E-state index contributed by atoms with van der Waals surface area (Å²) in [6.45, 7) is 2.85. The predicted molar refractivity (Wildman–Crippen MR) is 96.0 cm³/mol. The summed E-state index contributed by atoms with van der Waals surface area (Å²) in [5.74, 6) is 0.0463. The molecule has 0 saturated heterocycles. The minimum Gasteiger partial charge on any atom is -0.497 e. The van der Waals surface area contributed by atoms with E-state index in [1.165, 1.54) is 13.8 Å². The van der Waals surface area contributed by atoms with Crippen LogP contribution in [0.5, 0.6) is 5.75 Å². The molecule has 128 valence electrons. The van der Waals surface area contributed by atoms with Gasteiger partial charge in [0.15, 0.2) is 0 Å². The molecular weight excluding hydrogens is 316 g/mol. The van der Waals surface area contributed by atoms with Crippen LogP contribution in [0.15, 0.2) is 48.5 Å². The number of ether oxygens (including phenoxy) is 2. The first-order valence-corrected chi connectivity index (χ1v) is 8.14. The Morgan fingerprint density at radius 3 is 2.32 bits per heavy atom. The van der Waals surface area contributed by atoms with Crippen LogP contribution in [0.4, 0.5) is 0 Å². The Morgan fingerprint density at radius 2 is 1.72 bits per heavy atom. The first kappa shape index (κ1) is 17.0. The van der Waals surface area contributed by atoms with Crippen molar-refractivity contribution in [2.45, 2.75) is 20.0 Å². The second-order valence-electron chi connectivity index (χ2n) is 6.11. The molecule has 1 atom stereocenters. The molecule has 0 bridgehead atoms. The van der Waals surface area contributed by atoms with E-state index in [1.54, 1.807) is 7.11 Å². The van der Waals surface area contributed by atoms with E-state index in [2.05, 4.69) is 0 Å². The highest BCUT2D eigenvalue weighted by molar-refractivity contribution is 6.01. The third-order valence-corrected chi connectivity index (χ3v) is 4.38. The maximum Gasteiger partial charge on any atom is 0.144 e. The van der Waals surface area contributed by atoms with E-state index in [9.17, 15) is 9.59 Å². The number of Topliss-reactive ketones (excluding diaryl/α,β-unsaturated/α-hetero) is 2. The maximum absolute atomic E-state index is 12.1. The standard InChI is InChI=1S/C21H20O4/c1-13(22)20(14(2)23)21-18-12-17(24-3)10-9-16(18)11-19(25-21)15-7-5-4-6-8-15/h4-12,20-21H,1-3H3/t21-/m1/s1. The van der Waals surface area contributed by atoms with Gasteiger partial charge in [-0.1, -0.05) is 36.4 Å². The van der Waals surface area contributed by atoms with Crippen LogP contribution in [0, 0.1) is 5.92 Å². The number of rotatable bonds is 5. The van der Waals surface area contributed by atoms with Gasteiger partial charge >= 0.3 is 0 Å². The average Bonchev–Trinajstić information content (AvgIpc) is 2.61. The Morgan fingerprint density at radius 1 is 1.04 bits per heavy atom. The van der Waals surface area contributed by atoms with E-state index in [4.69, 9.17) is 9.47 Å². The second kappa shape index (κ2) is 6.93. The summed E-state index contributed by atoms with van der Waals surface area (Å²) in [6, 6.07) is 15.3. The Kier molecular flexibility index (Phi) is 4.70. The number of benzene rings is 2. The van der Waals surface area contributed by atoms with Crippen LogP contribution < -0.4 is 4.74 Å². The van der Waals surface area contributed by atoms with Gasteiger partial charge in [-0.2, -0.15) is 0 Å². The van der Waals surface area contributed by atoms with Crippen LogP contribution in [-0.4, -0.2) is 18.7 Å². The third kappa shape index (κ3) is 3.33. The topological polar surface area (TPSA) is 52.6 Å². The van der Waals surface area contributed by atoms with E-state index in [0.717, 1.165) is 16.7 Å². The van der Waals surface area contributed by atoms with Crippen molar-refractivity contribution in [3.8, 4) is 5.75 Å². The zero-order valence-electron chi connectivity index (χ0n) is 14.5. The number of ketones is 2. The van der Waals surface area contributed by atoms with Gasteiger partial charge in [0, 0.05) is 11.1 Å². The molecule has 0 radical (unpaired) electrons. The third-order valence-electron chi connectivity index (χ3n) is 4.38. The molecule has 1 aliphatic rings. The van der Waals surface area contributed by atoms with Gasteiger partial charge in [-0.25, -0.2) is 0 Å². The monoisotopic (exact) mass is 336 g/mol. The Balaban J connectivity index is 2.14. The summed E-state index contributed by atoms with van der Waals surface area (Å²) < 4.78 is 11.4. The van der Waals surface area contributed by atoms with Crippen LogP contribution in [0.1, 0.15) is 36.6 Å². The summed E-state index contributed by atoms with van der Waals surface area (Å²) in [5, 5.41) is 0. The molecule has 3 rings (SSSR count). The van der Waals surface area contributed by atoms with Crippen LogP contribution in [0.2, 0.25) is 0 Å². The lowest BCUT2D eigenvalue weighted by molar-refractivity contribution is -0.135. The van der Waals surface area contributed by atoms with Crippen molar-refractivity contribution < 1.29 is 19.1 Å². The molecule has 4 heteroatoms. The molecule has 0 spiro atoms. The Labute approximate surface area is 147 Å². The zero-order valence-corrected chi connectivity index (χ0v) is 14.5. The van der Waals surface area contributed by atoms with E-state index < -0.39 is 12.0 Å². The number of fused-ring (bicyclic) bond motifs is 1. The van der Waals surface area contributed by atoms with Gasteiger partial charge in [0.2, 0.25) is 0 Å². The van der Waals surface area contributed by atoms with Crippen molar-refractivity contribution in [1.82, 2.24) is 0 Å². The molecule has 0 unspecified atom stereocenters. The summed E-state index contributed by atoms with van der Waals surface area (Å²) in [6.07, 6.45) is 1.26. The van der Waals surface area contributed by atoms with Gasteiger partial charge in [0.1, 0.15) is 35.1 Å². The number of carbonyl (C=O) groups is 2. The SMILES string of the molecule is COc1ccc2c(c1)[C@H](C(C(C)=O)C(C)=O)OC(c1ccccc1)=C2. The molecule has 2 aromatic carbocycles. The summed E-state index contributed by atoms with van der Waals surface area (Å²) in [7, 11) is 1.58. The van der Waals surface area contributed by atoms with Gasteiger partial charge < -0.3 is 9.47 Å². The summed E-state index contributed by atoms with van der Waals surface area (Å²) in [5.41, 5.74) is 2.61. The van der Waals surface area contributed by atoms with E-state index in [1.807, 2.05) is 54.6 Å². The average molecular weight is 336 g/mol. The lowest BCUT2D eigenvalue weighted by Crippen LogP contribution is -2.30. The highest BCUT2D eigenvalue weighted by Crippen LogP contribution is 2.41. The molecule has 0 N–H and O–H groups in total. The van der Waals surface area contributed by atoms with Crippen LogP contribution >= 0.6 is 0 Å². The number of hydrogen-bond donors (Lipinski definition) is 0. The van der Waals surface area contributed by atoms with Crippen molar-refractivity contribution in [3.63, 3.8) is 0 Å². The van der Waals surface area contributed by atoms with Crippen LogP contribution in [-0.2, 0) is 14.3 Å². The molecule has 1 heterocycles. The van der Waals surface area contributed by atoms with Gasteiger partial charge in [-0.15, -0.1) is 0 Å². The van der Waals surface area contributed by atoms with Gasteiger partial charge in [0.25, 0.3) is 0 Å². The van der Waals surface area contributed by atoms with E-state index in [-0.39, 0.29) is 11.6 Å². The van der Waals surface area contributed by atoms with Crippen molar-refractivity contribution in [2.75, 3.05) is 7.11 Å². The summed E-state index contributed by atoms with van der Waals surface area (Å²) >= 11 is 0. The quantitative estimate of drug-likeness (QED) is 0.773. The van der Waals surface area contributed by atoms with Crippen molar-refractivity contribution >= 4 is 23.4 Å². The maximum atomic E-state index is 12.1. The second-order valence-corrected chi connectivity index (χ2v) is 6.11. The molecule has 4 nitrogen and oxygen atoms in total. The van der Waals surface area contributed by atoms with E-state index >= 15 is 0 Å². The molecule has 0 fully saturated rings. The lowest BCUT2D eigenvalue weighted by Gasteiger charge is -2.31. The normalized spacial score (nSPS) is 15.8. The van der Waals surface area contributed by atoms with Crippen LogP contribution in [0.3, 0.4) is 0 Å². The van der Waals surface area contributed by atoms with E-state index in [0.29, 0.717) is 11.5 Å². The number of carbonyl (C=O) groups excluding carboxylic acids is 2. The molecule has 2 aromatic rings. The highest BCUT2D eigenvalue weighted by atomic mass is 16.5. The van der Waals surface area contributed by atoms with Crippen molar-refractivity contribution in [2.24, 2.45) is 5.92 Å². The minimum absolute atomic E-state index is 0.208. The zero-order chi connectivity index (χ0) is 18.0. The number of hydrogen-bond acceptors (Lipinski definition) is 4. The fourth-order valence-electron chi connectivity index (χ4n) is 3.15. The smallest absolute Gasteiger partial charge is 0.144 e. The molecule has 0 aromatic heterocycles. The minimum atomic E-state index is -0.849. The molecule has 1 aliphatic heterocycles. The first-order chi connectivity index (χ1) is 12.0. The van der Waals surface area contributed by atoms with Crippen molar-refractivity contribution in [3.05, 3.63) is 65.2 Å². The largest absolute Gasteiger partial charge is 0.497 e. The highest BCUT2D eigenvalue weighted by Gasteiger charge is 2.36. The van der Waals surface area contributed by atoms with Crippen molar-refractivity contribution in [1.29, 1.82) is 0 Å². The molecule has 0 aliphatic carbocycles. The predicted octanol–water partition coefficient (Wildman–Crippen LogP) is 4.06. The fourth-order valence-corrected chi connectivity index (χ4v) is 3.15. The Hall–Kier alpha value is -2.88. The van der Waals surface area contributed by atoms with Gasteiger partial charge in [-0.3, -0.25) is 9.59 Å². The molecular formula is C21H20O4.